The van der Waals surface area contributed by atoms with Crippen molar-refractivity contribution in [2.24, 2.45) is 0 Å². The molecule has 7 heteroatoms. The molecular weight excluding hydrogens is 340 g/mol. The first-order valence-electron chi connectivity index (χ1n) is 6.08. The van der Waals surface area contributed by atoms with E-state index in [1.807, 2.05) is 6.07 Å². The van der Waals surface area contributed by atoms with E-state index >= 15 is 0 Å². The summed E-state index contributed by atoms with van der Waals surface area (Å²) in [4.78, 5) is 18.7. The molecule has 0 bridgehead atoms. The lowest BCUT2D eigenvalue weighted by Gasteiger charge is -2.11. The normalized spacial score (nSPS) is 13.9. The molecule has 4 rings (SSSR count). The van der Waals surface area contributed by atoms with Crippen LogP contribution in [0.5, 0.6) is 0 Å². The summed E-state index contributed by atoms with van der Waals surface area (Å²) >= 11 is 4.93. The van der Waals surface area contributed by atoms with Gasteiger partial charge in [-0.25, -0.2) is 4.98 Å². The van der Waals surface area contributed by atoms with E-state index < -0.39 is 0 Å². The van der Waals surface area contributed by atoms with Gasteiger partial charge in [0.1, 0.15) is 0 Å². The van der Waals surface area contributed by atoms with Crippen molar-refractivity contribution in [3.05, 3.63) is 56.4 Å². The van der Waals surface area contributed by atoms with Gasteiger partial charge in [0, 0.05) is 29.8 Å². The van der Waals surface area contributed by atoms with Crippen LogP contribution in [0.4, 0.5) is 5.13 Å². The lowest BCUT2D eigenvalue weighted by atomic mass is 10.1. The van der Waals surface area contributed by atoms with Crippen LogP contribution in [0, 0.1) is 0 Å². The standard InChI is InChI=1S/C13H9BrN4OS/c14-10-2-1-8-6-17(7-9(8)5-10)13-16-18-11(19)3-4-15-12(18)20-13/h1-5H,6-7H2. The van der Waals surface area contributed by atoms with Gasteiger partial charge >= 0.3 is 0 Å². The second-order valence-corrected chi connectivity index (χ2v) is 6.48. The summed E-state index contributed by atoms with van der Waals surface area (Å²) in [5.74, 6) is 0. The van der Waals surface area contributed by atoms with Gasteiger partial charge in [0.2, 0.25) is 10.1 Å². The van der Waals surface area contributed by atoms with Gasteiger partial charge in [-0.2, -0.15) is 4.52 Å². The Morgan fingerprint density at radius 2 is 2.05 bits per heavy atom. The molecule has 3 aromatic rings. The molecule has 0 saturated carbocycles. The number of aromatic nitrogens is 3. The summed E-state index contributed by atoms with van der Waals surface area (Å²) < 4.78 is 2.44. The minimum atomic E-state index is -0.142. The summed E-state index contributed by atoms with van der Waals surface area (Å²) in [6.07, 6.45) is 1.52. The number of hydrogen-bond donors (Lipinski definition) is 0. The van der Waals surface area contributed by atoms with Crippen LogP contribution in [0.2, 0.25) is 0 Å². The molecule has 20 heavy (non-hydrogen) atoms. The van der Waals surface area contributed by atoms with Gasteiger partial charge in [-0.15, -0.1) is 5.10 Å². The molecule has 5 nitrogen and oxygen atoms in total. The number of hydrogen-bond acceptors (Lipinski definition) is 5. The summed E-state index contributed by atoms with van der Waals surface area (Å²) in [5.41, 5.74) is 2.45. The van der Waals surface area contributed by atoms with E-state index in [2.05, 4.69) is 43.0 Å². The summed E-state index contributed by atoms with van der Waals surface area (Å²) in [7, 11) is 0. The number of nitrogens with zero attached hydrogens (tertiary/aromatic N) is 4. The molecule has 1 aromatic carbocycles. The first-order chi connectivity index (χ1) is 9.70. The minimum absolute atomic E-state index is 0.142. The highest BCUT2D eigenvalue weighted by atomic mass is 79.9. The zero-order chi connectivity index (χ0) is 13.7. The van der Waals surface area contributed by atoms with E-state index in [-0.39, 0.29) is 5.56 Å². The van der Waals surface area contributed by atoms with Gasteiger partial charge in [0.25, 0.3) is 5.56 Å². The number of halogens is 1. The molecule has 0 spiro atoms. The van der Waals surface area contributed by atoms with Gasteiger partial charge in [-0.05, 0) is 23.3 Å². The number of fused-ring (bicyclic) bond motifs is 2. The van der Waals surface area contributed by atoms with Gasteiger partial charge in [-0.1, -0.05) is 33.3 Å². The first kappa shape index (κ1) is 12.0. The first-order valence-corrected chi connectivity index (χ1v) is 7.69. The number of benzene rings is 1. The van der Waals surface area contributed by atoms with Crippen molar-refractivity contribution in [1.29, 1.82) is 0 Å². The summed E-state index contributed by atoms with van der Waals surface area (Å²) in [6, 6.07) is 7.73. The second-order valence-electron chi connectivity index (χ2n) is 4.63. The second kappa shape index (κ2) is 4.39. The molecule has 0 saturated heterocycles. The van der Waals surface area contributed by atoms with Crippen molar-refractivity contribution in [3.63, 3.8) is 0 Å². The van der Waals surface area contributed by atoms with Gasteiger partial charge < -0.3 is 4.90 Å². The molecular formula is C13H9BrN4OS. The topological polar surface area (TPSA) is 50.5 Å². The van der Waals surface area contributed by atoms with E-state index in [9.17, 15) is 4.79 Å². The molecule has 3 heterocycles. The predicted octanol–water partition coefficient (Wildman–Crippen LogP) is 2.43. The third-order valence-corrected chi connectivity index (χ3v) is 4.80. The van der Waals surface area contributed by atoms with Crippen LogP contribution in [0.1, 0.15) is 11.1 Å². The fraction of sp³-hybridized carbons (Fsp3) is 0.154. The van der Waals surface area contributed by atoms with Crippen molar-refractivity contribution in [2.75, 3.05) is 4.90 Å². The lowest BCUT2D eigenvalue weighted by molar-refractivity contribution is 0.821. The maximum atomic E-state index is 11.7. The van der Waals surface area contributed by atoms with E-state index in [1.54, 1.807) is 0 Å². The van der Waals surface area contributed by atoms with Crippen LogP contribution in [0.15, 0.2) is 39.7 Å². The van der Waals surface area contributed by atoms with Crippen molar-refractivity contribution in [1.82, 2.24) is 14.6 Å². The van der Waals surface area contributed by atoms with Crippen molar-refractivity contribution < 1.29 is 0 Å². The lowest BCUT2D eigenvalue weighted by Crippen LogP contribution is -2.17. The zero-order valence-corrected chi connectivity index (χ0v) is 12.7. The van der Waals surface area contributed by atoms with Crippen LogP contribution in [-0.4, -0.2) is 14.6 Å². The highest BCUT2D eigenvalue weighted by Crippen LogP contribution is 2.31. The molecule has 100 valence electrons. The van der Waals surface area contributed by atoms with Gasteiger partial charge in [0.15, 0.2) is 0 Å². The number of anilines is 1. The molecule has 0 aliphatic carbocycles. The highest BCUT2D eigenvalue weighted by molar-refractivity contribution is 9.10. The molecule has 0 atom stereocenters. The molecule has 1 aliphatic rings. The predicted molar refractivity (Wildman–Crippen MR) is 81.2 cm³/mol. The largest absolute Gasteiger partial charge is 0.338 e. The SMILES string of the molecule is O=c1ccnc2sc(N3Cc4ccc(Br)cc4C3)nn12. The van der Waals surface area contributed by atoms with E-state index in [0.29, 0.717) is 4.96 Å². The molecule has 2 aromatic heterocycles. The van der Waals surface area contributed by atoms with E-state index in [1.165, 1.54) is 39.2 Å². The smallest absolute Gasteiger partial charge is 0.275 e. The van der Waals surface area contributed by atoms with Crippen molar-refractivity contribution in [3.8, 4) is 0 Å². The highest BCUT2D eigenvalue weighted by Gasteiger charge is 2.22. The Bertz CT molecular complexity index is 872. The Morgan fingerprint density at radius 1 is 1.20 bits per heavy atom. The van der Waals surface area contributed by atoms with E-state index in [4.69, 9.17) is 0 Å². The zero-order valence-electron chi connectivity index (χ0n) is 10.3. The Kier molecular flexibility index (Phi) is 2.64. The monoisotopic (exact) mass is 348 g/mol. The Balaban J connectivity index is 1.75. The van der Waals surface area contributed by atoms with Gasteiger partial charge in [0.05, 0.1) is 0 Å². The average molecular weight is 349 g/mol. The molecule has 0 amide bonds. The fourth-order valence-corrected chi connectivity index (χ4v) is 3.64. The molecule has 0 radical (unpaired) electrons. The third-order valence-electron chi connectivity index (χ3n) is 3.32. The third kappa shape index (κ3) is 1.85. The van der Waals surface area contributed by atoms with E-state index in [0.717, 1.165) is 22.7 Å². The average Bonchev–Trinajstić information content (AvgIpc) is 3.01. The Labute approximate surface area is 126 Å². The summed E-state index contributed by atoms with van der Waals surface area (Å²) in [5, 5.41) is 5.20. The van der Waals surface area contributed by atoms with Crippen LogP contribution < -0.4 is 10.5 Å². The van der Waals surface area contributed by atoms with Gasteiger partial charge in [-0.3, -0.25) is 4.79 Å². The molecule has 1 aliphatic heterocycles. The summed E-state index contributed by atoms with van der Waals surface area (Å²) in [6.45, 7) is 1.63. The van der Waals surface area contributed by atoms with Crippen LogP contribution in [0.3, 0.4) is 0 Å². The Hall–Kier alpha value is -1.73. The molecule has 0 N–H and O–H groups in total. The van der Waals surface area contributed by atoms with Crippen LogP contribution >= 0.6 is 27.3 Å². The van der Waals surface area contributed by atoms with Crippen molar-refractivity contribution >= 4 is 37.4 Å². The van der Waals surface area contributed by atoms with Crippen LogP contribution in [-0.2, 0) is 13.1 Å². The quantitative estimate of drug-likeness (QED) is 0.677. The maximum absolute atomic E-state index is 11.7. The fourth-order valence-electron chi connectivity index (χ4n) is 2.36. The van der Waals surface area contributed by atoms with Crippen LogP contribution in [0.25, 0.3) is 4.96 Å². The minimum Gasteiger partial charge on any atom is -0.338 e. The maximum Gasteiger partial charge on any atom is 0.275 e. The van der Waals surface area contributed by atoms with Crippen molar-refractivity contribution in [2.45, 2.75) is 13.1 Å². The molecule has 0 unspecified atom stereocenters. The number of rotatable bonds is 1. The Morgan fingerprint density at radius 3 is 2.90 bits per heavy atom. The molecule has 0 fully saturated rings.